The van der Waals surface area contributed by atoms with Crippen LogP contribution in [0.4, 0.5) is 0 Å². The van der Waals surface area contributed by atoms with E-state index in [0.29, 0.717) is 23.9 Å². The number of nitrogens with one attached hydrogen (secondary N) is 1. The van der Waals surface area contributed by atoms with Gasteiger partial charge in [0, 0.05) is 6.42 Å². The summed E-state index contributed by atoms with van der Waals surface area (Å²) in [4.78, 5) is 23.1. The Bertz CT molecular complexity index is 891. The number of unbranched alkanes of at least 4 members (excludes halogenated alkanes) is 21. The molecule has 0 aromatic heterocycles. The smallest absolute Gasteiger partial charge is 0.391 e. The van der Waals surface area contributed by atoms with Gasteiger partial charge in [0.25, 0.3) is 0 Å². The van der Waals surface area contributed by atoms with Crippen LogP contribution in [0.5, 0.6) is 0 Å². The molecule has 0 aromatic rings. The molecule has 8 nitrogen and oxygen atoms in total. The maximum atomic E-state index is 12.8. The lowest BCUT2D eigenvalue weighted by Crippen LogP contribution is -2.46. The average Bonchev–Trinajstić information content (AvgIpc) is 3.07. The topological polar surface area (TPSA) is 105 Å². The van der Waals surface area contributed by atoms with E-state index in [4.69, 9.17) is 9.05 Å². The highest BCUT2D eigenvalue weighted by Gasteiger charge is 2.28. The fourth-order valence-electron chi connectivity index (χ4n) is 5.97. The Hall–Kier alpha value is -1.02. The summed E-state index contributed by atoms with van der Waals surface area (Å²) in [6.07, 6.45) is 39.1. The predicted octanol–water partition coefficient (Wildman–Crippen LogP) is 11.4. The molecule has 9 heteroatoms. The van der Waals surface area contributed by atoms with Gasteiger partial charge in [-0.3, -0.25) is 13.8 Å². The molecule has 0 bridgehead atoms. The summed E-state index contributed by atoms with van der Waals surface area (Å²) < 4.78 is 23.6. The van der Waals surface area contributed by atoms with E-state index < -0.39 is 20.0 Å². The maximum absolute atomic E-state index is 12.8. The van der Waals surface area contributed by atoms with E-state index in [2.05, 4.69) is 43.5 Å². The molecule has 51 heavy (non-hydrogen) atoms. The first-order valence-electron chi connectivity index (χ1n) is 21.2. The molecular weight excluding hydrogens is 659 g/mol. The summed E-state index contributed by atoms with van der Waals surface area (Å²) in [7, 11) is 1.59. The van der Waals surface area contributed by atoms with Gasteiger partial charge < -0.3 is 19.8 Å². The van der Waals surface area contributed by atoms with E-state index in [1.807, 2.05) is 21.1 Å². The van der Waals surface area contributed by atoms with Crippen LogP contribution in [0.3, 0.4) is 0 Å². The van der Waals surface area contributed by atoms with Crippen LogP contribution < -0.4 is 5.32 Å². The number of carbonyl (C=O) groups is 1. The van der Waals surface area contributed by atoms with Crippen LogP contribution >= 0.6 is 7.82 Å². The first-order valence-corrected chi connectivity index (χ1v) is 22.7. The highest BCUT2D eigenvalue weighted by molar-refractivity contribution is 7.47. The van der Waals surface area contributed by atoms with Gasteiger partial charge in [0.2, 0.25) is 5.91 Å². The van der Waals surface area contributed by atoms with Crippen LogP contribution in [0.1, 0.15) is 187 Å². The fraction of sp³-hybridized carbons (Fsp3) is 0.881. The SMILES string of the molecule is CCCCCCCC/C=C/CCCCCCCC(=O)N[C@@H](COP(=O)(O)OCC[N+](C)(C)C)[C@H](O)CCCC/C=C/CCCCCCCCCC. The zero-order chi connectivity index (χ0) is 37.9. The number of likely N-dealkylation sites (N-methyl/N-ethyl adjacent to an activating group) is 1. The number of nitrogens with zero attached hydrogens (tertiary/aromatic N) is 1. The van der Waals surface area contributed by atoms with Crippen molar-refractivity contribution in [3.8, 4) is 0 Å². The molecule has 1 unspecified atom stereocenters. The molecule has 0 radical (unpaired) electrons. The van der Waals surface area contributed by atoms with Crippen LogP contribution in [-0.4, -0.2) is 73.4 Å². The number of aliphatic hydroxyl groups excluding tert-OH is 1. The molecule has 0 aliphatic carbocycles. The lowest BCUT2D eigenvalue weighted by molar-refractivity contribution is -0.870. The Balaban J connectivity index is 4.46. The largest absolute Gasteiger partial charge is 0.472 e. The highest BCUT2D eigenvalue weighted by Crippen LogP contribution is 2.43. The molecule has 1 amide bonds. The normalized spacial score (nSPS) is 14.7. The lowest BCUT2D eigenvalue weighted by atomic mass is 10.0. The van der Waals surface area contributed by atoms with Crippen molar-refractivity contribution < 1.29 is 32.9 Å². The van der Waals surface area contributed by atoms with E-state index in [-0.39, 0.29) is 19.1 Å². The quantitative estimate of drug-likeness (QED) is 0.0252. The third-order valence-corrected chi connectivity index (χ3v) is 10.4. The van der Waals surface area contributed by atoms with Gasteiger partial charge in [0.1, 0.15) is 13.2 Å². The van der Waals surface area contributed by atoms with Gasteiger partial charge in [-0.25, -0.2) is 4.57 Å². The van der Waals surface area contributed by atoms with Gasteiger partial charge in [-0.2, -0.15) is 0 Å². The van der Waals surface area contributed by atoms with Crippen LogP contribution in [0.25, 0.3) is 0 Å². The minimum Gasteiger partial charge on any atom is -0.391 e. The van der Waals surface area contributed by atoms with Crippen molar-refractivity contribution in [2.75, 3.05) is 40.9 Å². The number of amides is 1. The molecule has 0 aromatic carbocycles. The van der Waals surface area contributed by atoms with Crippen molar-refractivity contribution in [1.82, 2.24) is 5.32 Å². The zero-order valence-corrected chi connectivity index (χ0v) is 35.0. The van der Waals surface area contributed by atoms with E-state index in [1.54, 1.807) is 0 Å². The van der Waals surface area contributed by atoms with Gasteiger partial charge >= 0.3 is 7.82 Å². The second-order valence-electron chi connectivity index (χ2n) is 15.7. The second kappa shape index (κ2) is 34.7. The van der Waals surface area contributed by atoms with E-state index in [1.165, 1.54) is 103 Å². The lowest BCUT2D eigenvalue weighted by Gasteiger charge is -2.26. The van der Waals surface area contributed by atoms with Gasteiger partial charge in [0.15, 0.2) is 0 Å². The molecule has 0 saturated carbocycles. The van der Waals surface area contributed by atoms with Gasteiger partial charge in [-0.15, -0.1) is 0 Å². The standard InChI is InChI=1S/C42H83N2O6P/c1-6-8-10-12-14-16-18-20-22-24-26-28-30-32-34-36-42(46)43-40(39-50-51(47,48)49-38-37-44(3,4)5)41(45)35-33-31-29-27-25-23-21-19-17-15-13-11-9-7-2/h20,22,25,27,40-41,45H,6-19,21,23-24,26,28-39H2,1-5H3,(H-,43,46,47,48)/p+1/b22-20+,27-25+/t40-,41+/m0/s1. The first-order chi connectivity index (χ1) is 24.5. The number of carbonyl (C=O) groups excluding carboxylic acids is 1. The summed E-state index contributed by atoms with van der Waals surface area (Å²) in [6.45, 7) is 4.84. The third-order valence-electron chi connectivity index (χ3n) is 9.42. The summed E-state index contributed by atoms with van der Waals surface area (Å²) >= 11 is 0. The van der Waals surface area contributed by atoms with Crippen molar-refractivity contribution in [2.45, 2.75) is 199 Å². The summed E-state index contributed by atoms with van der Waals surface area (Å²) in [5.74, 6) is -0.164. The minimum atomic E-state index is -4.32. The molecule has 0 saturated heterocycles. The van der Waals surface area contributed by atoms with Crippen molar-refractivity contribution in [3.05, 3.63) is 24.3 Å². The Kier molecular flexibility index (Phi) is 34.0. The molecule has 3 N–H and O–H groups in total. The molecular formula is C42H84N2O6P+. The minimum absolute atomic E-state index is 0.0684. The Morgan fingerprint density at radius 1 is 0.647 bits per heavy atom. The molecule has 0 fully saturated rings. The molecule has 0 spiro atoms. The van der Waals surface area contributed by atoms with Crippen LogP contribution in [0.2, 0.25) is 0 Å². The molecule has 0 heterocycles. The molecule has 0 aliphatic rings. The first kappa shape index (κ1) is 50.0. The van der Waals surface area contributed by atoms with Gasteiger partial charge in [-0.05, 0) is 64.2 Å². The summed E-state index contributed by atoms with van der Waals surface area (Å²) in [5, 5.41) is 13.9. The van der Waals surface area contributed by atoms with Crippen molar-refractivity contribution in [1.29, 1.82) is 0 Å². The number of phosphoric ester groups is 1. The summed E-state index contributed by atoms with van der Waals surface area (Å²) in [6, 6.07) is -0.777. The number of hydrogen-bond acceptors (Lipinski definition) is 5. The molecule has 0 aliphatic heterocycles. The molecule has 302 valence electrons. The van der Waals surface area contributed by atoms with Crippen molar-refractivity contribution >= 4 is 13.7 Å². The van der Waals surface area contributed by atoms with Crippen molar-refractivity contribution in [3.63, 3.8) is 0 Å². The van der Waals surface area contributed by atoms with E-state index >= 15 is 0 Å². The number of rotatable bonds is 38. The monoisotopic (exact) mass is 744 g/mol. The van der Waals surface area contributed by atoms with Gasteiger partial charge in [0.05, 0.1) is 39.9 Å². The predicted molar refractivity (Wildman–Crippen MR) is 217 cm³/mol. The van der Waals surface area contributed by atoms with Crippen LogP contribution in [-0.2, 0) is 18.4 Å². The fourth-order valence-corrected chi connectivity index (χ4v) is 6.71. The average molecular weight is 744 g/mol. The number of allylic oxidation sites excluding steroid dienone is 4. The second-order valence-corrected chi connectivity index (χ2v) is 17.2. The Morgan fingerprint density at radius 2 is 1.06 bits per heavy atom. The highest BCUT2D eigenvalue weighted by atomic mass is 31.2. The Morgan fingerprint density at radius 3 is 1.51 bits per heavy atom. The van der Waals surface area contributed by atoms with Crippen molar-refractivity contribution in [2.24, 2.45) is 0 Å². The van der Waals surface area contributed by atoms with E-state index in [0.717, 1.165) is 57.8 Å². The molecule has 0 rings (SSSR count). The van der Waals surface area contributed by atoms with Crippen LogP contribution in [0.15, 0.2) is 24.3 Å². The number of hydrogen-bond donors (Lipinski definition) is 3. The Labute approximate surface area is 315 Å². The van der Waals surface area contributed by atoms with E-state index in [9.17, 15) is 19.4 Å². The van der Waals surface area contributed by atoms with Gasteiger partial charge in [-0.1, -0.05) is 141 Å². The molecule has 3 atom stereocenters. The summed E-state index contributed by atoms with van der Waals surface area (Å²) in [5.41, 5.74) is 0. The number of quaternary nitrogens is 1. The maximum Gasteiger partial charge on any atom is 0.472 e. The third kappa shape index (κ3) is 37.1. The number of phosphoric acid groups is 1. The van der Waals surface area contributed by atoms with Crippen LogP contribution in [0, 0.1) is 0 Å². The zero-order valence-electron chi connectivity index (χ0n) is 34.1. The number of aliphatic hydroxyl groups is 1.